The normalized spacial score (nSPS) is 22.6. The Balaban J connectivity index is 2.39. The third-order valence-corrected chi connectivity index (χ3v) is 2.52. The highest BCUT2D eigenvalue weighted by molar-refractivity contribution is 7.86. The molecule has 0 saturated heterocycles. The van der Waals surface area contributed by atoms with Crippen LogP contribution < -0.4 is 5.73 Å². The lowest BCUT2D eigenvalue weighted by atomic mass is 10.4. The molecule has 1 atom stereocenters. The molecule has 12 heavy (non-hydrogen) atoms. The summed E-state index contributed by atoms with van der Waals surface area (Å²) in [4.78, 5) is 0. The standard InChI is InChI=1S/C6H11NO4S/c7-3-5-12(8,9)11-6-2-1-4-10-6/h1,4,6H,2-3,5,7H2. The van der Waals surface area contributed by atoms with E-state index in [1.54, 1.807) is 6.08 Å². The minimum absolute atomic E-state index is 0.0580. The lowest BCUT2D eigenvalue weighted by molar-refractivity contribution is -0.00524. The average Bonchev–Trinajstić information content (AvgIpc) is 2.38. The van der Waals surface area contributed by atoms with E-state index in [1.165, 1.54) is 6.26 Å². The Hall–Kier alpha value is -0.590. The van der Waals surface area contributed by atoms with Crippen molar-refractivity contribution in [2.24, 2.45) is 5.73 Å². The van der Waals surface area contributed by atoms with Crippen molar-refractivity contribution < 1.29 is 17.3 Å². The van der Waals surface area contributed by atoms with Crippen molar-refractivity contribution in [2.45, 2.75) is 12.7 Å². The third-order valence-electron chi connectivity index (χ3n) is 1.28. The first kappa shape index (κ1) is 9.50. The van der Waals surface area contributed by atoms with E-state index in [2.05, 4.69) is 4.18 Å². The number of rotatable bonds is 4. The topological polar surface area (TPSA) is 78.6 Å². The molecule has 0 fully saturated rings. The van der Waals surface area contributed by atoms with Gasteiger partial charge in [0.05, 0.1) is 12.0 Å². The first-order valence-corrected chi connectivity index (χ1v) is 5.13. The van der Waals surface area contributed by atoms with Gasteiger partial charge in [-0.2, -0.15) is 8.42 Å². The largest absolute Gasteiger partial charge is 0.471 e. The number of nitrogens with two attached hydrogens (primary N) is 1. The van der Waals surface area contributed by atoms with Crippen molar-refractivity contribution in [1.82, 2.24) is 0 Å². The summed E-state index contributed by atoms with van der Waals surface area (Å²) in [7, 11) is -3.51. The van der Waals surface area contributed by atoms with E-state index in [4.69, 9.17) is 10.5 Å². The van der Waals surface area contributed by atoms with E-state index >= 15 is 0 Å². The van der Waals surface area contributed by atoms with E-state index < -0.39 is 16.4 Å². The average molecular weight is 193 g/mol. The van der Waals surface area contributed by atoms with Gasteiger partial charge in [-0.25, -0.2) is 4.18 Å². The molecule has 0 aliphatic carbocycles. The molecule has 1 unspecified atom stereocenters. The van der Waals surface area contributed by atoms with Gasteiger partial charge in [0.2, 0.25) is 6.29 Å². The van der Waals surface area contributed by atoms with Crippen molar-refractivity contribution >= 4 is 10.1 Å². The molecule has 0 aromatic heterocycles. The van der Waals surface area contributed by atoms with Crippen LogP contribution in [0.4, 0.5) is 0 Å². The summed E-state index contributed by atoms with van der Waals surface area (Å²) in [6.45, 7) is 0.0580. The van der Waals surface area contributed by atoms with Gasteiger partial charge in [-0.15, -0.1) is 0 Å². The zero-order chi connectivity index (χ0) is 9.03. The fraction of sp³-hybridized carbons (Fsp3) is 0.667. The highest BCUT2D eigenvalue weighted by Crippen LogP contribution is 2.12. The van der Waals surface area contributed by atoms with Gasteiger partial charge in [-0.05, 0) is 6.08 Å². The minimum Gasteiger partial charge on any atom is -0.471 e. The molecular formula is C6H11NO4S. The minimum atomic E-state index is -3.51. The molecule has 1 heterocycles. The van der Waals surface area contributed by atoms with Gasteiger partial charge in [-0.1, -0.05) is 0 Å². The molecule has 0 spiro atoms. The summed E-state index contributed by atoms with van der Waals surface area (Å²) in [5.74, 6) is -0.174. The molecule has 70 valence electrons. The molecule has 0 bridgehead atoms. The molecule has 1 aliphatic heterocycles. The van der Waals surface area contributed by atoms with Crippen LogP contribution in [0.15, 0.2) is 12.3 Å². The number of hydrogen-bond acceptors (Lipinski definition) is 5. The smallest absolute Gasteiger partial charge is 0.271 e. The van der Waals surface area contributed by atoms with Crippen LogP contribution in [0.1, 0.15) is 6.42 Å². The van der Waals surface area contributed by atoms with Gasteiger partial charge in [0.1, 0.15) is 0 Å². The second-order valence-corrected chi connectivity index (χ2v) is 4.04. The van der Waals surface area contributed by atoms with E-state index in [9.17, 15) is 8.42 Å². The summed E-state index contributed by atoms with van der Waals surface area (Å²) in [5, 5.41) is 0. The SMILES string of the molecule is NCCS(=O)(=O)OC1CC=CO1. The highest BCUT2D eigenvalue weighted by Gasteiger charge is 2.20. The van der Waals surface area contributed by atoms with Gasteiger partial charge < -0.3 is 10.5 Å². The quantitative estimate of drug-likeness (QED) is 0.612. The fourth-order valence-electron chi connectivity index (χ4n) is 0.783. The lowest BCUT2D eigenvalue weighted by Crippen LogP contribution is -2.23. The van der Waals surface area contributed by atoms with Gasteiger partial charge in [0.15, 0.2) is 0 Å². The van der Waals surface area contributed by atoms with Gasteiger partial charge in [0.25, 0.3) is 10.1 Å². The molecule has 6 heteroatoms. The lowest BCUT2D eigenvalue weighted by Gasteiger charge is -2.10. The molecule has 1 rings (SSSR count). The Labute approximate surface area is 71.3 Å². The van der Waals surface area contributed by atoms with Gasteiger partial charge in [0, 0.05) is 13.0 Å². The Morgan fingerprint density at radius 3 is 2.92 bits per heavy atom. The van der Waals surface area contributed by atoms with E-state index in [1.807, 2.05) is 0 Å². The van der Waals surface area contributed by atoms with Crippen LogP contribution in [-0.4, -0.2) is 27.0 Å². The molecule has 0 saturated carbocycles. The van der Waals surface area contributed by atoms with Crippen LogP contribution in [0.2, 0.25) is 0 Å². The molecule has 1 aliphatic rings. The third kappa shape index (κ3) is 2.80. The second-order valence-electron chi connectivity index (χ2n) is 2.32. The summed E-state index contributed by atoms with van der Waals surface area (Å²) >= 11 is 0. The number of ether oxygens (including phenoxy) is 1. The van der Waals surface area contributed by atoms with Crippen LogP contribution in [0.3, 0.4) is 0 Å². The predicted octanol–water partition coefficient (Wildman–Crippen LogP) is -0.448. The van der Waals surface area contributed by atoms with Crippen LogP contribution in [0.5, 0.6) is 0 Å². The molecule has 5 nitrogen and oxygen atoms in total. The number of hydrogen-bond donors (Lipinski definition) is 1. The molecule has 2 N–H and O–H groups in total. The van der Waals surface area contributed by atoms with Crippen molar-refractivity contribution in [3.8, 4) is 0 Å². The maximum atomic E-state index is 11.0. The van der Waals surface area contributed by atoms with E-state index in [0.29, 0.717) is 6.42 Å². The molecular weight excluding hydrogens is 182 g/mol. The monoisotopic (exact) mass is 193 g/mol. The first-order chi connectivity index (χ1) is 5.64. The van der Waals surface area contributed by atoms with Gasteiger partial charge >= 0.3 is 0 Å². The Morgan fingerprint density at radius 1 is 1.67 bits per heavy atom. The summed E-state index contributed by atoms with van der Waals surface area (Å²) in [6, 6.07) is 0. The summed E-state index contributed by atoms with van der Waals surface area (Å²) in [5.41, 5.74) is 5.07. The second kappa shape index (κ2) is 3.88. The molecule has 0 radical (unpaired) electrons. The van der Waals surface area contributed by atoms with E-state index in [-0.39, 0.29) is 12.3 Å². The summed E-state index contributed by atoms with van der Waals surface area (Å²) in [6.07, 6.45) is 2.89. The van der Waals surface area contributed by atoms with E-state index in [0.717, 1.165) is 0 Å². The van der Waals surface area contributed by atoms with Gasteiger partial charge in [-0.3, -0.25) is 0 Å². The summed E-state index contributed by atoms with van der Waals surface area (Å²) < 4.78 is 31.4. The zero-order valence-corrected chi connectivity index (χ0v) is 7.29. The van der Waals surface area contributed by atoms with Crippen LogP contribution in [0.25, 0.3) is 0 Å². The Morgan fingerprint density at radius 2 is 2.42 bits per heavy atom. The van der Waals surface area contributed by atoms with Crippen LogP contribution in [0, 0.1) is 0 Å². The fourth-order valence-corrected chi connectivity index (χ4v) is 1.62. The molecule has 0 aromatic carbocycles. The maximum Gasteiger partial charge on any atom is 0.271 e. The highest BCUT2D eigenvalue weighted by atomic mass is 32.2. The Kier molecular flexibility index (Phi) is 3.07. The van der Waals surface area contributed by atoms with Crippen molar-refractivity contribution in [3.05, 3.63) is 12.3 Å². The predicted molar refractivity (Wildman–Crippen MR) is 42.6 cm³/mol. The first-order valence-electron chi connectivity index (χ1n) is 3.55. The Bertz CT molecular complexity index is 251. The van der Waals surface area contributed by atoms with Crippen LogP contribution >= 0.6 is 0 Å². The van der Waals surface area contributed by atoms with Crippen molar-refractivity contribution in [1.29, 1.82) is 0 Å². The van der Waals surface area contributed by atoms with Crippen LogP contribution in [-0.2, 0) is 19.0 Å². The van der Waals surface area contributed by atoms with Crippen molar-refractivity contribution in [3.63, 3.8) is 0 Å². The zero-order valence-electron chi connectivity index (χ0n) is 6.47. The molecule has 0 aromatic rings. The van der Waals surface area contributed by atoms with Crippen molar-refractivity contribution in [2.75, 3.05) is 12.3 Å². The maximum absolute atomic E-state index is 11.0. The molecule has 0 amide bonds.